The van der Waals surface area contributed by atoms with Gasteiger partial charge in [-0.3, -0.25) is 24.4 Å². The zero-order valence-corrected chi connectivity index (χ0v) is 24.9. The molecule has 2 atom stereocenters. The third-order valence-electron chi connectivity index (χ3n) is 7.17. The number of aliphatic carboxylic acids is 1. The second-order valence-corrected chi connectivity index (χ2v) is 11.3. The number of aryl methyl sites for hydroxylation is 2. The molecule has 3 rings (SSSR count). The Kier molecular flexibility index (Phi) is 10.0. The van der Waals surface area contributed by atoms with Crippen molar-refractivity contribution in [2.24, 2.45) is 5.41 Å². The number of allylic oxidation sites excluding steroid dienone is 1. The first-order valence-corrected chi connectivity index (χ1v) is 13.9. The van der Waals surface area contributed by atoms with Crippen molar-refractivity contribution in [2.45, 2.75) is 79.8 Å². The highest BCUT2D eigenvalue weighted by Gasteiger charge is 2.30. The largest absolute Gasteiger partial charge is 0.548 e. The number of amides is 3. The molecule has 0 radical (unpaired) electrons. The lowest BCUT2D eigenvalue weighted by molar-refractivity contribution is -0.310. The number of aromatic nitrogens is 1. The van der Waals surface area contributed by atoms with E-state index in [2.05, 4.69) is 36.0 Å². The lowest BCUT2D eigenvalue weighted by Gasteiger charge is -2.35. The summed E-state index contributed by atoms with van der Waals surface area (Å²) in [6.45, 7) is 12.8. The standard InChI is InChI=1S/C31H41N5O5/c1-8-23-19(4)16-22-12-11-21(17-25(22)33-23)13-14-31(6,7)30(41)34-26(18(2)3)27(37)32-20(5)28(38)36-15-9-10-24(35-36)29(39)40/h11-14,16-17,20,24,35H,8-10,15H2,1-7H3,(H,32,37)(H,34,41)(H,39,40)/p-1/b14-13+/t20-,24-/m0/s1. The molecule has 0 unspecified atom stereocenters. The molecule has 1 fully saturated rings. The molecular formula is C31H40N5O5-. The molecule has 1 aromatic carbocycles. The Morgan fingerprint density at radius 3 is 2.56 bits per heavy atom. The fourth-order valence-electron chi connectivity index (χ4n) is 4.53. The topological polar surface area (TPSA) is 144 Å². The van der Waals surface area contributed by atoms with Gasteiger partial charge in [-0.25, -0.2) is 5.43 Å². The molecule has 220 valence electrons. The van der Waals surface area contributed by atoms with Gasteiger partial charge in [0, 0.05) is 17.6 Å². The van der Waals surface area contributed by atoms with Crippen LogP contribution in [0.2, 0.25) is 0 Å². The van der Waals surface area contributed by atoms with Crippen LogP contribution in [0.4, 0.5) is 0 Å². The van der Waals surface area contributed by atoms with Crippen LogP contribution in [0.25, 0.3) is 17.0 Å². The highest BCUT2D eigenvalue weighted by molar-refractivity contribution is 6.01. The summed E-state index contributed by atoms with van der Waals surface area (Å²) in [4.78, 5) is 55.2. The number of pyridine rings is 1. The summed E-state index contributed by atoms with van der Waals surface area (Å²) < 4.78 is 0. The molecule has 10 heteroatoms. The molecule has 0 saturated carbocycles. The number of carboxylic acids is 1. The van der Waals surface area contributed by atoms with Gasteiger partial charge in [-0.2, -0.15) is 0 Å². The molecule has 2 heterocycles. The number of carbonyl (C=O) groups excluding carboxylic acids is 4. The van der Waals surface area contributed by atoms with Crippen molar-refractivity contribution in [2.75, 3.05) is 6.54 Å². The molecule has 0 bridgehead atoms. The molecule has 10 nitrogen and oxygen atoms in total. The zero-order chi connectivity index (χ0) is 30.5. The van der Waals surface area contributed by atoms with E-state index in [1.807, 2.05) is 24.3 Å². The van der Waals surface area contributed by atoms with Gasteiger partial charge in [0.25, 0.3) is 11.8 Å². The third kappa shape index (κ3) is 7.79. The van der Waals surface area contributed by atoms with Gasteiger partial charge in [0.05, 0.1) is 22.9 Å². The van der Waals surface area contributed by atoms with E-state index in [0.29, 0.717) is 25.0 Å². The average molecular weight is 563 g/mol. The van der Waals surface area contributed by atoms with E-state index in [9.17, 15) is 24.3 Å². The van der Waals surface area contributed by atoms with Crippen LogP contribution < -0.4 is 21.2 Å². The van der Waals surface area contributed by atoms with Crippen LogP contribution in [0.5, 0.6) is 0 Å². The van der Waals surface area contributed by atoms with E-state index in [1.165, 1.54) is 11.9 Å². The van der Waals surface area contributed by atoms with Gasteiger partial charge in [-0.1, -0.05) is 31.2 Å². The van der Waals surface area contributed by atoms with Crippen molar-refractivity contribution in [1.82, 2.24) is 26.1 Å². The number of hydrogen-bond acceptors (Lipinski definition) is 7. The van der Waals surface area contributed by atoms with E-state index in [-0.39, 0.29) is 5.70 Å². The van der Waals surface area contributed by atoms with E-state index in [4.69, 9.17) is 4.98 Å². The third-order valence-corrected chi connectivity index (χ3v) is 7.17. The molecule has 0 spiro atoms. The summed E-state index contributed by atoms with van der Waals surface area (Å²) >= 11 is 0. The number of benzene rings is 1. The SMILES string of the molecule is CCc1nc2cc(/C=C/C(C)(C)C(=O)NC(C(=O)N[C@@H](C)C(=O)N3CCC[C@@H](C(=O)[O-])N3)=C(C)C)ccc2cc1C. The first-order chi connectivity index (χ1) is 19.2. The molecule has 3 amide bonds. The van der Waals surface area contributed by atoms with E-state index < -0.39 is 41.2 Å². The van der Waals surface area contributed by atoms with Gasteiger partial charge in [0.15, 0.2) is 0 Å². The minimum atomic E-state index is -1.29. The highest BCUT2D eigenvalue weighted by atomic mass is 16.4. The van der Waals surface area contributed by atoms with Crippen LogP contribution in [0, 0.1) is 12.3 Å². The molecule has 1 aliphatic heterocycles. The predicted octanol–water partition coefficient (Wildman–Crippen LogP) is 2.31. The molecule has 3 N–H and O–H groups in total. The van der Waals surface area contributed by atoms with Crippen LogP contribution in [-0.2, 0) is 25.6 Å². The number of carboxylic acid groups (broad SMARTS) is 1. The van der Waals surface area contributed by atoms with E-state index in [1.54, 1.807) is 33.8 Å². The molecule has 41 heavy (non-hydrogen) atoms. The zero-order valence-electron chi connectivity index (χ0n) is 24.9. The maximum absolute atomic E-state index is 13.3. The number of carbonyl (C=O) groups is 4. The smallest absolute Gasteiger partial charge is 0.268 e. The Bertz CT molecular complexity index is 1410. The molecule has 2 aromatic rings. The molecule has 1 saturated heterocycles. The Hall–Kier alpha value is -4.05. The minimum absolute atomic E-state index is 0.0488. The summed E-state index contributed by atoms with van der Waals surface area (Å²) in [5.41, 5.74) is 6.27. The predicted molar refractivity (Wildman–Crippen MR) is 156 cm³/mol. The van der Waals surface area contributed by atoms with Crippen molar-refractivity contribution in [3.05, 3.63) is 58.4 Å². The van der Waals surface area contributed by atoms with Crippen LogP contribution in [-0.4, -0.2) is 52.3 Å². The normalized spacial score (nSPS) is 16.4. The average Bonchev–Trinajstić information content (AvgIpc) is 2.93. The van der Waals surface area contributed by atoms with Crippen LogP contribution in [0.15, 0.2) is 41.6 Å². The summed E-state index contributed by atoms with van der Waals surface area (Å²) in [5, 5.41) is 18.8. The Labute approximate surface area is 241 Å². The minimum Gasteiger partial charge on any atom is -0.548 e. The number of fused-ring (bicyclic) bond motifs is 1. The fraction of sp³-hybridized carbons (Fsp3) is 0.452. The number of nitrogens with zero attached hydrogens (tertiary/aromatic N) is 2. The Morgan fingerprint density at radius 2 is 1.93 bits per heavy atom. The van der Waals surface area contributed by atoms with Gasteiger partial charge in [-0.05, 0) is 89.6 Å². The van der Waals surface area contributed by atoms with Gasteiger partial charge in [0.1, 0.15) is 11.7 Å². The molecule has 1 aromatic heterocycles. The lowest BCUT2D eigenvalue weighted by Crippen LogP contribution is -2.61. The number of nitrogens with one attached hydrogen (secondary N) is 3. The fourth-order valence-corrected chi connectivity index (χ4v) is 4.53. The van der Waals surface area contributed by atoms with Crippen molar-refractivity contribution < 1.29 is 24.3 Å². The summed E-state index contributed by atoms with van der Waals surface area (Å²) in [5.74, 6) is -2.78. The van der Waals surface area contributed by atoms with Crippen molar-refractivity contribution in [3.63, 3.8) is 0 Å². The number of rotatable bonds is 9. The maximum atomic E-state index is 13.3. The van der Waals surface area contributed by atoms with E-state index >= 15 is 0 Å². The van der Waals surface area contributed by atoms with Crippen molar-refractivity contribution in [3.8, 4) is 0 Å². The molecule has 0 aliphatic carbocycles. The van der Waals surface area contributed by atoms with Gasteiger partial charge in [-0.15, -0.1) is 0 Å². The van der Waals surface area contributed by atoms with Crippen molar-refractivity contribution in [1.29, 1.82) is 0 Å². The summed E-state index contributed by atoms with van der Waals surface area (Å²) in [6.07, 6.45) is 5.33. The van der Waals surface area contributed by atoms with Crippen molar-refractivity contribution >= 4 is 40.7 Å². The quantitative estimate of drug-likeness (QED) is 0.398. The Balaban J connectivity index is 1.68. The Morgan fingerprint density at radius 1 is 1.22 bits per heavy atom. The van der Waals surface area contributed by atoms with Gasteiger partial charge in [0.2, 0.25) is 5.91 Å². The molecular weight excluding hydrogens is 522 g/mol. The molecule has 1 aliphatic rings. The van der Waals surface area contributed by atoms with Gasteiger partial charge >= 0.3 is 0 Å². The van der Waals surface area contributed by atoms with Crippen LogP contribution in [0.3, 0.4) is 0 Å². The first-order valence-electron chi connectivity index (χ1n) is 13.9. The van der Waals surface area contributed by atoms with Crippen LogP contribution >= 0.6 is 0 Å². The van der Waals surface area contributed by atoms with E-state index in [0.717, 1.165) is 34.1 Å². The van der Waals surface area contributed by atoms with Crippen LogP contribution in [0.1, 0.15) is 71.2 Å². The number of hydrogen-bond donors (Lipinski definition) is 3. The first kappa shape index (κ1) is 31.5. The highest BCUT2D eigenvalue weighted by Crippen LogP contribution is 2.23. The second kappa shape index (κ2) is 13.1. The second-order valence-electron chi connectivity index (χ2n) is 11.3. The van der Waals surface area contributed by atoms with Gasteiger partial charge < -0.3 is 20.5 Å². The monoisotopic (exact) mass is 562 g/mol. The maximum Gasteiger partial charge on any atom is 0.268 e. The lowest BCUT2D eigenvalue weighted by atomic mass is 9.90. The summed E-state index contributed by atoms with van der Waals surface area (Å²) in [6, 6.07) is 6.15. The summed E-state index contributed by atoms with van der Waals surface area (Å²) in [7, 11) is 0. The number of hydrazine groups is 1.